The van der Waals surface area contributed by atoms with Gasteiger partial charge in [-0.15, -0.1) is 11.8 Å². The van der Waals surface area contributed by atoms with Crippen molar-refractivity contribution in [2.75, 3.05) is 25.6 Å². The van der Waals surface area contributed by atoms with Gasteiger partial charge >= 0.3 is 7.60 Å². The van der Waals surface area contributed by atoms with Crippen molar-refractivity contribution >= 4 is 31.1 Å². The van der Waals surface area contributed by atoms with E-state index in [9.17, 15) is 4.57 Å². The fourth-order valence-corrected chi connectivity index (χ4v) is 8.31. The SMILES string of the molecule is CCO[C@H]1C[C@@H](c2cccnc2)C(P(=O)(OCC)OCC)=C(SCC)S1. The Labute approximate surface area is 165 Å². The highest BCUT2D eigenvalue weighted by Crippen LogP contribution is 2.67. The van der Waals surface area contributed by atoms with E-state index in [0.29, 0.717) is 19.8 Å². The van der Waals surface area contributed by atoms with E-state index in [-0.39, 0.29) is 11.4 Å². The largest absolute Gasteiger partial charge is 0.367 e. The van der Waals surface area contributed by atoms with E-state index < -0.39 is 7.60 Å². The third-order valence-corrected chi connectivity index (χ3v) is 8.88. The molecule has 2 rings (SSSR count). The van der Waals surface area contributed by atoms with Crippen molar-refractivity contribution in [1.82, 2.24) is 4.98 Å². The highest BCUT2D eigenvalue weighted by molar-refractivity contribution is 8.22. The van der Waals surface area contributed by atoms with Gasteiger partial charge in [-0.1, -0.05) is 24.8 Å². The lowest BCUT2D eigenvalue weighted by atomic mass is 9.97. The second-order valence-electron chi connectivity index (χ2n) is 5.52. The number of pyridine rings is 1. The van der Waals surface area contributed by atoms with E-state index in [4.69, 9.17) is 13.8 Å². The Morgan fingerprint density at radius 3 is 2.50 bits per heavy atom. The van der Waals surface area contributed by atoms with Crippen molar-refractivity contribution in [2.24, 2.45) is 0 Å². The molecule has 0 amide bonds. The lowest BCUT2D eigenvalue weighted by molar-refractivity contribution is 0.115. The Kier molecular flexibility index (Phi) is 9.21. The molecule has 0 radical (unpaired) electrons. The molecule has 0 spiro atoms. The summed E-state index contributed by atoms with van der Waals surface area (Å²) in [6, 6.07) is 3.93. The lowest BCUT2D eigenvalue weighted by Gasteiger charge is -2.35. The van der Waals surface area contributed by atoms with Crippen LogP contribution in [0.2, 0.25) is 0 Å². The topological polar surface area (TPSA) is 57.7 Å². The maximum absolute atomic E-state index is 13.7. The minimum atomic E-state index is -3.39. The van der Waals surface area contributed by atoms with Crippen molar-refractivity contribution in [3.05, 3.63) is 39.6 Å². The Hall–Kier alpha value is -0.300. The Bertz CT molecular complexity index is 631. The summed E-state index contributed by atoms with van der Waals surface area (Å²) < 4.78 is 32.1. The van der Waals surface area contributed by atoms with Crippen molar-refractivity contribution in [2.45, 2.75) is 45.5 Å². The summed E-state index contributed by atoms with van der Waals surface area (Å²) in [5.74, 6) is 0.780. The molecule has 0 aliphatic carbocycles. The summed E-state index contributed by atoms with van der Waals surface area (Å²) in [6.45, 7) is 9.09. The first-order valence-corrected chi connectivity index (χ1v) is 12.4. The van der Waals surface area contributed by atoms with Crippen molar-refractivity contribution in [1.29, 1.82) is 0 Å². The third kappa shape index (κ3) is 5.37. The average molecular weight is 418 g/mol. The number of allylic oxidation sites excluding steroid dienone is 1. The molecule has 0 aromatic carbocycles. The molecule has 0 unspecified atom stereocenters. The van der Waals surface area contributed by atoms with Crippen molar-refractivity contribution < 1.29 is 18.3 Å². The first kappa shape index (κ1) is 22.0. The van der Waals surface area contributed by atoms with E-state index in [1.54, 1.807) is 29.7 Å². The standard InChI is InChI=1S/C18H28NO4PS2/c1-5-21-16-12-15(14-10-9-11-19-13-14)17(18(26-16)25-8-4)24(20,22-6-2)23-7-3/h9-11,13,15-16H,5-8,12H2,1-4H3/t15-,16+/m0/s1. The van der Waals surface area contributed by atoms with Gasteiger partial charge in [-0.3, -0.25) is 9.55 Å². The van der Waals surface area contributed by atoms with Crippen LogP contribution in [0.25, 0.3) is 0 Å². The normalized spacial score (nSPS) is 21.2. The fourth-order valence-electron chi connectivity index (χ4n) is 2.90. The zero-order valence-electron chi connectivity index (χ0n) is 15.8. The van der Waals surface area contributed by atoms with Crippen LogP contribution in [0.15, 0.2) is 34.1 Å². The van der Waals surface area contributed by atoms with E-state index in [2.05, 4.69) is 11.9 Å². The smallest absolute Gasteiger partial charge is 0.359 e. The first-order valence-electron chi connectivity index (χ1n) is 9.04. The molecular formula is C18H28NO4PS2. The van der Waals surface area contributed by atoms with Crippen LogP contribution in [-0.4, -0.2) is 36.0 Å². The summed E-state index contributed by atoms with van der Waals surface area (Å²) in [7, 11) is -3.39. The Morgan fingerprint density at radius 1 is 1.23 bits per heavy atom. The third-order valence-electron chi connectivity index (χ3n) is 3.81. The molecule has 0 saturated heterocycles. The predicted molar refractivity (Wildman–Crippen MR) is 111 cm³/mol. The number of hydrogen-bond donors (Lipinski definition) is 0. The van der Waals surface area contributed by atoms with Gasteiger partial charge in [-0.05, 0) is 44.6 Å². The molecule has 0 bridgehead atoms. The molecule has 8 heteroatoms. The minimum absolute atomic E-state index is 0.0136. The van der Waals surface area contributed by atoms with Gasteiger partial charge in [0.25, 0.3) is 0 Å². The fraction of sp³-hybridized carbons (Fsp3) is 0.611. The van der Waals surface area contributed by atoms with Crippen molar-refractivity contribution in [3.63, 3.8) is 0 Å². The molecule has 2 atom stereocenters. The molecule has 0 N–H and O–H groups in total. The van der Waals surface area contributed by atoms with Crippen LogP contribution in [-0.2, 0) is 18.3 Å². The second kappa shape index (κ2) is 10.9. The van der Waals surface area contributed by atoms with Gasteiger partial charge < -0.3 is 13.8 Å². The highest BCUT2D eigenvalue weighted by atomic mass is 32.2. The summed E-state index contributed by atoms with van der Waals surface area (Å²) in [6.07, 6.45) is 4.30. The van der Waals surface area contributed by atoms with E-state index in [1.807, 2.05) is 39.1 Å². The van der Waals surface area contributed by atoms with E-state index in [1.165, 1.54) is 0 Å². The predicted octanol–water partition coefficient (Wildman–Crippen LogP) is 5.85. The molecule has 146 valence electrons. The number of rotatable bonds is 10. The summed E-state index contributed by atoms with van der Waals surface area (Å²) in [4.78, 5) is 4.26. The van der Waals surface area contributed by atoms with Crippen LogP contribution in [0.1, 0.15) is 45.6 Å². The van der Waals surface area contributed by atoms with Gasteiger partial charge in [0.1, 0.15) is 5.44 Å². The number of thioether (sulfide) groups is 2. The van der Waals surface area contributed by atoms with Gasteiger partial charge in [0.2, 0.25) is 0 Å². The first-order chi connectivity index (χ1) is 12.6. The van der Waals surface area contributed by atoms with Crippen LogP contribution in [0, 0.1) is 0 Å². The molecular weight excluding hydrogens is 389 g/mol. The quantitative estimate of drug-likeness (QED) is 0.442. The molecule has 1 aromatic heterocycles. The summed E-state index contributed by atoms with van der Waals surface area (Å²) in [5, 5.41) is 0.766. The maximum atomic E-state index is 13.7. The average Bonchev–Trinajstić information content (AvgIpc) is 2.63. The molecule has 26 heavy (non-hydrogen) atoms. The van der Waals surface area contributed by atoms with Crippen LogP contribution < -0.4 is 0 Å². The summed E-state index contributed by atoms with van der Waals surface area (Å²) >= 11 is 3.31. The van der Waals surface area contributed by atoms with E-state index >= 15 is 0 Å². The maximum Gasteiger partial charge on any atom is 0.359 e. The zero-order valence-corrected chi connectivity index (χ0v) is 18.4. The Balaban J connectivity index is 2.58. The monoisotopic (exact) mass is 417 g/mol. The highest BCUT2D eigenvalue weighted by Gasteiger charge is 2.43. The van der Waals surface area contributed by atoms with E-state index in [0.717, 1.165) is 27.3 Å². The second-order valence-corrected chi connectivity index (χ2v) is 10.2. The molecule has 1 aliphatic rings. The summed E-state index contributed by atoms with van der Waals surface area (Å²) in [5.41, 5.74) is 1.03. The van der Waals surface area contributed by atoms with Crippen LogP contribution in [0.4, 0.5) is 0 Å². The van der Waals surface area contributed by atoms with Gasteiger partial charge in [0, 0.05) is 24.9 Å². The molecule has 5 nitrogen and oxygen atoms in total. The zero-order chi connectivity index (χ0) is 19.0. The van der Waals surface area contributed by atoms with Crippen molar-refractivity contribution in [3.8, 4) is 0 Å². The van der Waals surface area contributed by atoms with Gasteiger partial charge in [-0.25, -0.2) is 0 Å². The molecule has 1 aliphatic heterocycles. The van der Waals surface area contributed by atoms with Gasteiger partial charge in [0.05, 0.1) is 22.8 Å². The number of hydrogen-bond acceptors (Lipinski definition) is 7. The lowest BCUT2D eigenvalue weighted by Crippen LogP contribution is -2.21. The number of ether oxygens (including phenoxy) is 1. The molecule has 0 saturated carbocycles. The number of aromatic nitrogens is 1. The molecule has 1 aromatic rings. The molecule has 2 heterocycles. The molecule has 0 fully saturated rings. The Morgan fingerprint density at radius 2 is 1.96 bits per heavy atom. The van der Waals surface area contributed by atoms with Crippen LogP contribution in [0.3, 0.4) is 0 Å². The number of nitrogens with zero attached hydrogens (tertiary/aromatic N) is 1. The van der Waals surface area contributed by atoms with Gasteiger partial charge in [0.15, 0.2) is 0 Å². The van der Waals surface area contributed by atoms with Crippen LogP contribution in [0.5, 0.6) is 0 Å². The van der Waals surface area contributed by atoms with Crippen LogP contribution >= 0.6 is 31.1 Å². The minimum Gasteiger partial charge on any atom is -0.367 e. The van der Waals surface area contributed by atoms with Gasteiger partial charge in [-0.2, -0.15) is 0 Å².